The Morgan fingerprint density at radius 2 is 2.11 bits per heavy atom. The molecular weight excluding hydrogens is 266 g/mol. The minimum Gasteiger partial charge on any atom is -0.453 e. The molecule has 19 heavy (non-hydrogen) atoms. The van der Waals surface area contributed by atoms with Gasteiger partial charge in [0.25, 0.3) is 0 Å². The Morgan fingerprint density at radius 1 is 1.37 bits per heavy atom. The van der Waals surface area contributed by atoms with E-state index < -0.39 is 0 Å². The summed E-state index contributed by atoms with van der Waals surface area (Å²) in [4.78, 5) is 0. The van der Waals surface area contributed by atoms with Gasteiger partial charge in [0.2, 0.25) is 6.79 Å². The zero-order chi connectivity index (χ0) is 13.6. The van der Waals surface area contributed by atoms with E-state index in [0.717, 1.165) is 23.1 Å². The van der Waals surface area contributed by atoms with Crippen LogP contribution in [0.1, 0.15) is 12.5 Å². The maximum atomic E-state index is 6.24. The summed E-state index contributed by atoms with van der Waals surface area (Å²) in [7, 11) is 1.80. The fourth-order valence-electron chi connectivity index (χ4n) is 2.33. The highest BCUT2D eigenvalue weighted by Crippen LogP contribution is 2.47. The van der Waals surface area contributed by atoms with Gasteiger partial charge < -0.3 is 15.2 Å². The lowest BCUT2D eigenvalue weighted by Crippen LogP contribution is -1.99. The number of hydrogen-bond acceptors (Lipinski definition) is 4. The van der Waals surface area contributed by atoms with E-state index in [0.29, 0.717) is 22.3 Å². The van der Waals surface area contributed by atoms with Crippen LogP contribution in [-0.2, 0) is 13.5 Å². The Bertz CT molecular complexity index is 652. The third kappa shape index (κ3) is 1.73. The van der Waals surface area contributed by atoms with E-state index in [1.165, 1.54) is 0 Å². The third-order valence-electron chi connectivity index (χ3n) is 3.33. The van der Waals surface area contributed by atoms with Crippen LogP contribution in [0.5, 0.6) is 11.5 Å². The standard InChI is InChI=1S/C13H14ClN3O2/c1-3-7-8(9-5-16-17(2)13(9)15)4-10(14)12-11(7)18-6-19-12/h4-5H,3,6,15H2,1-2H3. The maximum absolute atomic E-state index is 6.24. The molecule has 0 amide bonds. The summed E-state index contributed by atoms with van der Waals surface area (Å²) in [6.45, 7) is 2.26. The average Bonchev–Trinajstić information content (AvgIpc) is 2.99. The Morgan fingerprint density at radius 3 is 2.74 bits per heavy atom. The van der Waals surface area contributed by atoms with Gasteiger partial charge in [0.15, 0.2) is 11.5 Å². The van der Waals surface area contributed by atoms with Gasteiger partial charge in [-0.25, -0.2) is 0 Å². The zero-order valence-corrected chi connectivity index (χ0v) is 11.5. The number of nitrogen functional groups attached to an aromatic ring is 1. The van der Waals surface area contributed by atoms with Crippen molar-refractivity contribution in [3.8, 4) is 22.6 Å². The molecule has 0 unspecified atom stereocenters. The molecule has 2 heterocycles. The van der Waals surface area contributed by atoms with Crippen molar-refractivity contribution in [2.24, 2.45) is 7.05 Å². The first-order valence-electron chi connectivity index (χ1n) is 6.02. The highest BCUT2D eigenvalue weighted by molar-refractivity contribution is 6.32. The summed E-state index contributed by atoms with van der Waals surface area (Å²) in [6.07, 6.45) is 2.54. The molecule has 1 aromatic carbocycles. The summed E-state index contributed by atoms with van der Waals surface area (Å²) in [5, 5.41) is 4.70. The fraction of sp³-hybridized carbons (Fsp3) is 0.308. The first kappa shape index (κ1) is 12.2. The molecule has 2 N–H and O–H groups in total. The first-order valence-corrected chi connectivity index (χ1v) is 6.40. The second-order valence-corrected chi connectivity index (χ2v) is 4.78. The summed E-state index contributed by atoms with van der Waals surface area (Å²) >= 11 is 6.24. The zero-order valence-electron chi connectivity index (χ0n) is 10.7. The Balaban J connectivity index is 2.27. The summed E-state index contributed by atoms with van der Waals surface area (Å²) in [6, 6.07) is 1.86. The van der Waals surface area contributed by atoms with Gasteiger partial charge in [-0.3, -0.25) is 4.68 Å². The smallest absolute Gasteiger partial charge is 0.231 e. The molecular formula is C13H14ClN3O2. The summed E-state index contributed by atoms with van der Waals surface area (Å²) in [5.74, 6) is 1.93. The second kappa shape index (κ2) is 4.35. The van der Waals surface area contributed by atoms with Gasteiger partial charge in [0, 0.05) is 18.2 Å². The number of anilines is 1. The number of aryl methyl sites for hydroxylation is 1. The van der Waals surface area contributed by atoms with Crippen molar-refractivity contribution in [3.63, 3.8) is 0 Å². The molecule has 0 radical (unpaired) electrons. The van der Waals surface area contributed by atoms with E-state index in [9.17, 15) is 0 Å². The Hall–Kier alpha value is -1.88. The van der Waals surface area contributed by atoms with Crippen molar-refractivity contribution in [1.29, 1.82) is 0 Å². The molecule has 5 nitrogen and oxygen atoms in total. The number of hydrogen-bond donors (Lipinski definition) is 1. The molecule has 6 heteroatoms. The van der Waals surface area contributed by atoms with Crippen LogP contribution >= 0.6 is 11.6 Å². The van der Waals surface area contributed by atoms with Crippen LogP contribution in [0.2, 0.25) is 5.02 Å². The molecule has 2 aromatic rings. The molecule has 0 aliphatic carbocycles. The number of nitrogens with zero attached hydrogens (tertiary/aromatic N) is 2. The highest BCUT2D eigenvalue weighted by atomic mass is 35.5. The molecule has 1 aromatic heterocycles. The molecule has 1 aliphatic heterocycles. The van der Waals surface area contributed by atoms with Crippen molar-refractivity contribution in [2.45, 2.75) is 13.3 Å². The van der Waals surface area contributed by atoms with Crippen molar-refractivity contribution in [3.05, 3.63) is 22.8 Å². The van der Waals surface area contributed by atoms with Crippen LogP contribution < -0.4 is 15.2 Å². The van der Waals surface area contributed by atoms with Crippen LogP contribution in [0.25, 0.3) is 11.1 Å². The average molecular weight is 280 g/mol. The predicted molar refractivity (Wildman–Crippen MR) is 73.6 cm³/mol. The number of benzene rings is 1. The Labute approximate surface area is 115 Å². The molecule has 0 fully saturated rings. The van der Waals surface area contributed by atoms with Crippen LogP contribution in [0.3, 0.4) is 0 Å². The number of ether oxygens (including phenoxy) is 2. The lowest BCUT2D eigenvalue weighted by molar-refractivity contribution is 0.173. The van der Waals surface area contributed by atoms with Crippen LogP contribution in [0.4, 0.5) is 5.82 Å². The first-order chi connectivity index (χ1) is 9.13. The monoisotopic (exact) mass is 279 g/mol. The molecule has 0 saturated heterocycles. The highest BCUT2D eigenvalue weighted by Gasteiger charge is 2.25. The van der Waals surface area contributed by atoms with E-state index in [-0.39, 0.29) is 6.79 Å². The Kier molecular flexibility index (Phi) is 2.78. The van der Waals surface area contributed by atoms with Gasteiger partial charge in [-0.15, -0.1) is 0 Å². The molecule has 3 rings (SSSR count). The van der Waals surface area contributed by atoms with Crippen molar-refractivity contribution >= 4 is 17.4 Å². The quantitative estimate of drug-likeness (QED) is 0.918. The lowest BCUT2D eigenvalue weighted by atomic mass is 9.98. The minimum atomic E-state index is 0.202. The number of rotatable bonds is 2. The van der Waals surface area contributed by atoms with E-state index in [1.54, 1.807) is 17.9 Å². The van der Waals surface area contributed by atoms with Crippen molar-refractivity contribution in [1.82, 2.24) is 9.78 Å². The largest absolute Gasteiger partial charge is 0.453 e. The normalized spacial score (nSPS) is 13.0. The van der Waals surface area contributed by atoms with E-state index in [2.05, 4.69) is 12.0 Å². The van der Waals surface area contributed by atoms with Gasteiger partial charge in [-0.05, 0) is 18.1 Å². The van der Waals surface area contributed by atoms with Crippen LogP contribution in [0.15, 0.2) is 12.3 Å². The predicted octanol–water partition coefficient (Wildman–Crippen LogP) is 2.61. The molecule has 100 valence electrons. The maximum Gasteiger partial charge on any atom is 0.231 e. The summed E-state index contributed by atoms with van der Waals surface area (Å²) in [5.41, 5.74) is 8.88. The topological polar surface area (TPSA) is 62.3 Å². The van der Waals surface area contributed by atoms with E-state index in [4.69, 9.17) is 26.8 Å². The second-order valence-electron chi connectivity index (χ2n) is 4.37. The number of halogens is 1. The SMILES string of the molecule is CCc1c(-c2cnn(C)c2N)cc(Cl)c2c1OCO2. The molecule has 0 spiro atoms. The van der Waals surface area contributed by atoms with Gasteiger partial charge >= 0.3 is 0 Å². The molecule has 0 saturated carbocycles. The fourth-order valence-corrected chi connectivity index (χ4v) is 2.58. The molecule has 0 bridgehead atoms. The molecule has 1 aliphatic rings. The van der Waals surface area contributed by atoms with E-state index in [1.807, 2.05) is 6.07 Å². The van der Waals surface area contributed by atoms with Gasteiger partial charge in [0.05, 0.1) is 11.2 Å². The van der Waals surface area contributed by atoms with Gasteiger partial charge in [0.1, 0.15) is 5.82 Å². The summed E-state index contributed by atoms with van der Waals surface area (Å²) < 4.78 is 12.6. The van der Waals surface area contributed by atoms with Gasteiger partial charge in [-0.1, -0.05) is 18.5 Å². The van der Waals surface area contributed by atoms with Crippen LogP contribution in [0, 0.1) is 0 Å². The minimum absolute atomic E-state index is 0.202. The lowest BCUT2D eigenvalue weighted by Gasteiger charge is -2.12. The van der Waals surface area contributed by atoms with Gasteiger partial charge in [-0.2, -0.15) is 5.10 Å². The van der Waals surface area contributed by atoms with E-state index >= 15 is 0 Å². The number of nitrogens with two attached hydrogens (primary N) is 1. The van der Waals surface area contributed by atoms with Crippen molar-refractivity contribution < 1.29 is 9.47 Å². The van der Waals surface area contributed by atoms with Crippen molar-refractivity contribution in [2.75, 3.05) is 12.5 Å². The third-order valence-corrected chi connectivity index (χ3v) is 3.61. The number of fused-ring (bicyclic) bond motifs is 1. The van der Waals surface area contributed by atoms with Crippen LogP contribution in [-0.4, -0.2) is 16.6 Å². The number of aromatic nitrogens is 2. The molecule has 0 atom stereocenters.